The molecular weight excluding hydrogens is 469 g/mol. The summed E-state index contributed by atoms with van der Waals surface area (Å²) in [7, 11) is 0. The van der Waals surface area contributed by atoms with E-state index in [1.807, 2.05) is 18.2 Å². The van der Waals surface area contributed by atoms with Gasteiger partial charge in [0.1, 0.15) is 17.3 Å². The largest absolute Gasteiger partial charge is 0.368 e. The zero-order chi connectivity index (χ0) is 25.5. The molecule has 3 bridgehead atoms. The Morgan fingerprint density at radius 3 is 2.54 bits per heavy atom. The van der Waals surface area contributed by atoms with Gasteiger partial charge in [0.05, 0.1) is 5.56 Å². The molecule has 2 aromatic rings. The average Bonchev–Trinajstić information content (AvgIpc) is 3.25. The van der Waals surface area contributed by atoms with Crippen molar-refractivity contribution in [1.82, 2.24) is 10.3 Å². The minimum absolute atomic E-state index is 0.0550. The van der Waals surface area contributed by atoms with Crippen molar-refractivity contribution in [3.63, 3.8) is 0 Å². The Labute approximate surface area is 216 Å². The topological polar surface area (TPSA) is 91.6 Å². The van der Waals surface area contributed by atoms with Gasteiger partial charge in [0.15, 0.2) is 0 Å². The quantitative estimate of drug-likeness (QED) is 0.651. The number of aromatic nitrogens is 1. The summed E-state index contributed by atoms with van der Waals surface area (Å²) in [5, 5.41) is 3.43. The van der Waals surface area contributed by atoms with E-state index in [-0.39, 0.29) is 17.5 Å². The Balaban J connectivity index is 1.01. The standard InChI is InChI=1S/C29H34FN5O2/c1-28-13-18-15-29(28)14-17(11-19(29)16-28)25(18)33-27(37)23-3-2-4-24(32-23)35-9-7-34(8-10-35)20-5-6-21(26(31)36)22(30)12-20/h2-6,12,17-19,25H,7-11,13-16H2,1H3,(H2,31,36)(H,33,37)/t17?,18?,19?,25-,28+,29?/m1/s1. The summed E-state index contributed by atoms with van der Waals surface area (Å²) in [4.78, 5) is 33.7. The number of nitrogens with two attached hydrogens (primary N) is 1. The number of halogens is 1. The van der Waals surface area contributed by atoms with Gasteiger partial charge < -0.3 is 20.9 Å². The third kappa shape index (κ3) is 3.33. The number of rotatable bonds is 5. The maximum absolute atomic E-state index is 14.2. The Bertz CT molecular complexity index is 1290. The fourth-order valence-corrected chi connectivity index (χ4v) is 9.04. The molecule has 3 N–H and O–H groups in total. The van der Waals surface area contributed by atoms with E-state index < -0.39 is 11.7 Å². The number of hydrogen-bond acceptors (Lipinski definition) is 5. The number of hydrogen-bond donors (Lipinski definition) is 2. The van der Waals surface area contributed by atoms with Gasteiger partial charge in [0.25, 0.3) is 11.8 Å². The van der Waals surface area contributed by atoms with E-state index in [4.69, 9.17) is 10.7 Å². The summed E-state index contributed by atoms with van der Waals surface area (Å²) in [6.07, 6.45) is 6.53. The molecule has 2 amide bonds. The van der Waals surface area contributed by atoms with Crippen LogP contribution in [-0.2, 0) is 0 Å². The van der Waals surface area contributed by atoms with Crippen molar-refractivity contribution >= 4 is 23.3 Å². The highest BCUT2D eigenvalue weighted by Gasteiger charge is 2.74. The molecule has 5 fully saturated rings. The predicted octanol–water partition coefficient (Wildman–Crippen LogP) is 3.59. The number of pyridine rings is 1. The molecule has 1 aromatic heterocycles. The van der Waals surface area contributed by atoms with Crippen LogP contribution >= 0.6 is 0 Å². The van der Waals surface area contributed by atoms with Crippen molar-refractivity contribution < 1.29 is 14.0 Å². The van der Waals surface area contributed by atoms with E-state index in [9.17, 15) is 14.0 Å². The van der Waals surface area contributed by atoms with Crippen LogP contribution in [0.5, 0.6) is 0 Å². The van der Waals surface area contributed by atoms with Crippen molar-refractivity contribution in [2.45, 2.75) is 45.1 Å². The summed E-state index contributed by atoms with van der Waals surface area (Å²) in [6.45, 7) is 5.26. The SMILES string of the molecule is C[C@@]12CC3CC14CC(CC4C2)[C@H]3NC(=O)c1cccc(N2CCN(c3ccc(C(N)=O)c(F)c3)CC2)n1. The molecule has 1 aliphatic heterocycles. The summed E-state index contributed by atoms with van der Waals surface area (Å²) in [5.41, 5.74) is 7.42. The number of piperazine rings is 1. The lowest BCUT2D eigenvalue weighted by Crippen LogP contribution is -2.50. The molecule has 6 atom stereocenters. The molecule has 4 saturated carbocycles. The fourth-order valence-electron chi connectivity index (χ4n) is 9.04. The fraction of sp³-hybridized carbons (Fsp3) is 0.552. The Morgan fingerprint density at radius 2 is 1.78 bits per heavy atom. The second-order valence-corrected chi connectivity index (χ2v) is 12.4. The van der Waals surface area contributed by atoms with Gasteiger partial charge >= 0.3 is 0 Å². The van der Waals surface area contributed by atoms with Crippen LogP contribution in [0.15, 0.2) is 36.4 Å². The van der Waals surface area contributed by atoms with Crippen LogP contribution in [0.2, 0.25) is 0 Å². The highest BCUT2D eigenvalue weighted by atomic mass is 19.1. The van der Waals surface area contributed by atoms with Gasteiger partial charge in [-0.15, -0.1) is 0 Å². The van der Waals surface area contributed by atoms with Crippen LogP contribution < -0.4 is 20.9 Å². The molecule has 8 heteroatoms. The highest BCUT2D eigenvalue weighted by molar-refractivity contribution is 5.93. The summed E-state index contributed by atoms with van der Waals surface area (Å²) in [5.74, 6) is 1.48. The monoisotopic (exact) mass is 503 g/mol. The van der Waals surface area contributed by atoms with Gasteiger partial charge in [-0.2, -0.15) is 0 Å². The lowest BCUT2D eigenvalue weighted by Gasteiger charge is -2.57. The molecule has 1 spiro atoms. The molecule has 2 heterocycles. The van der Waals surface area contributed by atoms with E-state index in [1.165, 1.54) is 44.2 Å². The smallest absolute Gasteiger partial charge is 0.270 e. The van der Waals surface area contributed by atoms with Crippen molar-refractivity contribution in [1.29, 1.82) is 0 Å². The Hall–Kier alpha value is -3.16. The van der Waals surface area contributed by atoms with Crippen molar-refractivity contribution in [2.75, 3.05) is 36.0 Å². The number of benzene rings is 1. The third-order valence-electron chi connectivity index (χ3n) is 10.7. The first kappa shape index (κ1) is 23.0. The Morgan fingerprint density at radius 1 is 1.03 bits per heavy atom. The first-order chi connectivity index (χ1) is 17.8. The lowest BCUT2D eigenvalue weighted by atomic mass is 9.47. The molecule has 4 unspecified atom stereocenters. The summed E-state index contributed by atoms with van der Waals surface area (Å²) < 4.78 is 14.2. The number of carbonyl (C=O) groups excluding carboxylic acids is 2. The third-order valence-corrected chi connectivity index (χ3v) is 10.7. The number of amides is 2. The predicted molar refractivity (Wildman–Crippen MR) is 139 cm³/mol. The Kier molecular flexibility index (Phi) is 4.92. The highest BCUT2D eigenvalue weighted by Crippen LogP contribution is 2.80. The maximum Gasteiger partial charge on any atom is 0.270 e. The molecule has 37 heavy (non-hydrogen) atoms. The molecule has 4 aliphatic carbocycles. The molecule has 1 aromatic carbocycles. The van der Waals surface area contributed by atoms with Crippen LogP contribution in [0.25, 0.3) is 0 Å². The first-order valence-corrected chi connectivity index (χ1v) is 13.6. The summed E-state index contributed by atoms with van der Waals surface area (Å²) in [6, 6.07) is 10.5. The number of nitrogens with one attached hydrogen (secondary N) is 1. The number of anilines is 2. The first-order valence-electron chi connectivity index (χ1n) is 13.6. The number of primary amides is 1. The van der Waals surface area contributed by atoms with Crippen LogP contribution in [-0.4, -0.2) is 49.0 Å². The minimum Gasteiger partial charge on any atom is -0.368 e. The normalized spacial score (nSPS) is 35.3. The van der Waals surface area contributed by atoms with E-state index >= 15 is 0 Å². The van der Waals surface area contributed by atoms with Gasteiger partial charge in [-0.1, -0.05) is 13.0 Å². The number of fused-ring (bicyclic) bond motifs is 2. The van der Waals surface area contributed by atoms with Gasteiger partial charge in [0.2, 0.25) is 0 Å². The van der Waals surface area contributed by atoms with Crippen molar-refractivity contribution in [3.8, 4) is 0 Å². The van der Waals surface area contributed by atoms with Crippen molar-refractivity contribution in [3.05, 3.63) is 53.5 Å². The van der Waals surface area contributed by atoms with Crippen LogP contribution in [0.1, 0.15) is 59.9 Å². The zero-order valence-electron chi connectivity index (χ0n) is 21.3. The maximum atomic E-state index is 14.2. The van der Waals surface area contributed by atoms with Gasteiger partial charge in [0, 0.05) is 37.9 Å². The van der Waals surface area contributed by atoms with Gasteiger partial charge in [-0.05, 0) is 91.0 Å². The van der Waals surface area contributed by atoms with E-state index in [0.717, 1.165) is 17.4 Å². The molecular formula is C29H34FN5O2. The van der Waals surface area contributed by atoms with Crippen LogP contribution in [0.3, 0.4) is 0 Å². The van der Waals surface area contributed by atoms with Crippen LogP contribution in [0.4, 0.5) is 15.9 Å². The molecule has 7 rings (SSSR count). The average molecular weight is 504 g/mol. The summed E-state index contributed by atoms with van der Waals surface area (Å²) >= 11 is 0. The minimum atomic E-state index is -0.766. The van der Waals surface area contributed by atoms with E-state index in [0.29, 0.717) is 54.5 Å². The van der Waals surface area contributed by atoms with E-state index in [1.54, 1.807) is 6.07 Å². The molecule has 1 saturated heterocycles. The molecule has 7 nitrogen and oxygen atoms in total. The number of carbonyl (C=O) groups is 2. The molecule has 0 radical (unpaired) electrons. The zero-order valence-corrected chi connectivity index (χ0v) is 21.3. The lowest BCUT2D eigenvalue weighted by molar-refractivity contribution is -0.0855. The molecule has 5 aliphatic rings. The van der Waals surface area contributed by atoms with Crippen LogP contribution in [0, 0.1) is 34.4 Å². The second kappa shape index (κ2) is 7.92. The molecule has 194 valence electrons. The van der Waals surface area contributed by atoms with Gasteiger partial charge in [-0.3, -0.25) is 9.59 Å². The van der Waals surface area contributed by atoms with E-state index in [2.05, 4.69) is 22.0 Å². The van der Waals surface area contributed by atoms with Gasteiger partial charge in [-0.25, -0.2) is 9.37 Å². The number of nitrogens with zero attached hydrogens (tertiary/aromatic N) is 3. The second-order valence-electron chi connectivity index (χ2n) is 12.4. The van der Waals surface area contributed by atoms with Crippen molar-refractivity contribution in [2.24, 2.45) is 34.3 Å².